The smallest absolute Gasteiger partial charge is 0.0889 e. The van der Waals surface area contributed by atoms with E-state index in [0.717, 1.165) is 33.9 Å². The van der Waals surface area contributed by atoms with Gasteiger partial charge in [-0.05, 0) is 69.7 Å². The van der Waals surface area contributed by atoms with Crippen LogP contribution in [0.25, 0.3) is 33.9 Å². The van der Waals surface area contributed by atoms with Crippen molar-refractivity contribution in [2.75, 3.05) is 0 Å². The van der Waals surface area contributed by atoms with Gasteiger partial charge in [0.05, 0.1) is 11.4 Å². The average molecular weight is 801 g/mol. The molecule has 6 nitrogen and oxygen atoms in total. The van der Waals surface area contributed by atoms with Crippen LogP contribution in [-0.4, -0.2) is 30.1 Å². The van der Waals surface area contributed by atoms with Gasteiger partial charge in [-0.1, -0.05) is 65.8 Å². The molecule has 4 aromatic heterocycles. The van der Waals surface area contributed by atoms with Gasteiger partial charge in [-0.15, -0.1) is 59.7 Å². The van der Waals surface area contributed by atoms with Gasteiger partial charge < -0.3 is 20.2 Å². The SMILES string of the molecule is CC(C)(C)c1ccnc(-c2cc(C(C)(C)C)ccn2)c1.Oc1cc[c-]c(-c2ccccn2)c1.Oc1cc[c-]c(-c2ccccn2)c1.[Ir]. The number of nitrogens with zero attached hydrogens (tertiary/aromatic N) is 4. The van der Waals surface area contributed by atoms with Crippen molar-refractivity contribution in [2.45, 2.75) is 52.4 Å². The average Bonchev–Trinajstić information content (AvgIpc) is 3.06. The van der Waals surface area contributed by atoms with Crippen molar-refractivity contribution in [3.8, 4) is 45.4 Å². The number of rotatable bonds is 3. The number of hydrogen-bond donors (Lipinski definition) is 2. The van der Waals surface area contributed by atoms with Crippen molar-refractivity contribution in [3.05, 3.63) is 145 Å². The zero-order valence-corrected chi connectivity index (χ0v) is 30.0. The maximum absolute atomic E-state index is 9.23. The summed E-state index contributed by atoms with van der Waals surface area (Å²) in [5.41, 5.74) is 7.96. The van der Waals surface area contributed by atoms with Gasteiger partial charge >= 0.3 is 0 Å². The van der Waals surface area contributed by atoms with Gasteiger partial charge in [0.15, 0.2) is 0 Å². The fourth-order valence-electron chi connectivity index (χ4n) is 4.32. The Balaban J connectivity index is 0.000000196. The molecule has 2 N–H and O–H groups in total. The molecule has 0 unspecified atom stereocenters. The summed E-state index contributed by atoms with van der Waals surface area (Å²) in [6, 6.07) is 35.6. The second-order valence-electron chi connectivity index (χ2n) is 12.7. The molecule has 47 heavy (non-hydrogen) atoms. The Labute approximate surface area is 292 Å². The van der Waals surface area contributed by atoms with Crippen molar-refractivity contribution < 1.29 is 30.3 Å². The summed E-state index contributed by atoms with van der Waals surface area (Å²) in [4.78, 5) is 17.3. The van der Waals surface area contributed by atoms with Gasteiger partial charge in [0.25, 0.3) is 0 Å². The van der Waals surface area contributed by atoms with E-state index in [-0.39, 0.29) is 42.4 Å². The summed E-state index contributed by atoms with van der Waals surface area (Å²) in [5.74, 6) is 0.471. The molecule has 2 aromatic carbocycles. The molecule has 7 heteroatoms. The molecule has 0 saturated carbocycles. The Bertz CT molecular complexity index is 1700. The van der Waals surface area contributed by atoms with E-state index in [2.05, 4.69) is 97.9 Å². The van der Waals surface area contributed by atoms with E-state index in [4.69, 9.17) is 0 Å². The third kappa shape index (κ3) is 11.2. The number of phenols is 2. The van der Waals surface area contributed by atoms with Crippen molar-refractivity contribution in [1.82, 2.24) is 19.9 Å². The molecule has 0 aliphatic heterocycles. The Morgan fingerprint density at radius 2 is 0.851 bits per heavy atom. The van der Waals surface area contributed by atoms with E-state index in [9.17, 15) is 10.2 Å². The quantitative estimate of drug-likeness (QED) is 0.174. The minimum absolute atomic E-state index is 0. The number of aromatic hydroxyl groups is 2. The summed E-state index contributed by atoms with van der Waals surface area (Å²) in [7, 11) is 0. The molecule has 0 saturated heterocycles. The maximum Gasteiger partial charge on any atom is 0.0889 e. The van der Waals surface area contributed by atoms with Crippen molar-refractivity contribution >= 4 is 0 Å². The van der Waals surface area contributed by atoms with Crippen LogP contribution in [0, 0.1) is 12.1 Å². The molecule has 243 valence electrons. The standard InChI is InChI=1S/C18H24N2.2C11H8NO.Ir/c1-17(2,3)13-7-9-19-15(11-13)16-12-14(8-10-20-16)18(4,5)6;2*13-10-5-3-4-9(8-10)11-6-1-2-7-12-11;/h7-12H,1-6H3;2*1-3,5-8,13H;/q;2*-1;. The van der Waals surface area contributed by atoms with E-state index in [1.807, 2.05) is 48.8 Å². The van der Waals surface area contributed by atoms with Gasteiger partial charge in [-0.2, -0.15) is 0 Å². The Morgan fingerprint density at radius 3 is 1.17 bits per heavy atom. The molecule has 0 atom stereocenters. The Morgan fingerprint density at radius 1 is 0.468 bits per heavy atom. The molecular formula is C40H40IrN4O2-2. The topological polar surface area (TPSA) is 92.0 Å². The Hall–Kier alpha value is -4.71. The van der Waals surface area contributed by atoms with Crippen LogP contribution in [0.5, 0.6) is 11.5 Å². The normalized spacial score (nSPS) is 10.8. The van der Waals surface area contributed by atoms with Gasteiger partial charge in [0, 0.05) is 56.4 Å². The number of pyridine rings is 4. The molecule has 0 bridgehead atoms. The van der Waals surface area contributed by atoms with Gasteiger partial charge in [-0.3, -0.25) is 9.97 Å². The monoisotopic (exact) mass is 801 g/mol. The van der Waals surface area contributed by atoms with E-state index < -0.39 is 0 Å². The molecular weight excluding hydrogens is 761 g/mol. The van der Waals surface area contributed by atoms with Crippen LogP contribution in [0.3, 0.4) is 0 Å². The molecule has 0 amide bonds. The molecule has 6 aromatic rings. The molecule has 0 spiro atoms. The maximum atomic E-state index is 9.23. The van der Waals surface area contributed by atoms with Crippen LogP contribution < -0.4 is 0 Å². The fraction of sp³-hybridized carbons (Fsp3) is 0.200. The second-order valence-corrected chi connectivity index (χ2v) is 12.7. The number of hydrogen-bond acceptors (Lipinski definition) is 6. The van der Waals surface area contributed by atoms with Crippen LogP contribution in [0.15, 0.2) is 122 Å². The van der Waals surface area contributed by atoms with Gasteiger partial charge in [0.1, 0.15) is 0 Å². The number of phenolic OH excluding ortho intramolecular Hbond substituents is 2. The predicted molar refractivity (Wildman–Crippen MR) is 185 cm³/mol. The van der Waals surface area contributed by atoms with Crippen LogP contribution >= 0.6 is 0 Å². The van der Waals surface area contributed by atoms with Crippen LogP contribution in [-0.2, 0) is 30.9 Å². The first-order valence-electron chi connectivity index (χ1n) is 15.1. The van der Waals surface area contributed by atoms with Crippen molar-refractivity contribution in [2.24, 2.45) is 0 Å². The second kappa shape index (κ2) is 16.7. The zero-order chi connectivity index (χ0) is 33.2. The van der Waals surface area contributed by atoms with E-state index in [0.29, 0.717) is 0 Å². The van der Waals surface area contributed by atoms with Gasteiger partial charge in [-0.25, -0.2) is 0 Å². The fourth-order valence-corrected chi connectivity index (χ4v) is 4.32. The Kier molecular flexibility index (Phi) is 13.1. The minimum Gasteiger partial charge on any atom is -0.527 e. The number of aromatic nitrogens is 4. The van der Waals surface area contributed by atoms with Gasteiger partial charge in [0.2, 0.25) is 0 Å². The molecule has 4 heterocycles. The molecule has 1 radical (unpaired) electrons. The summed E-state index contributed by atoms with van der Waals surface area (Å²) in [6.45, 7) is 13.3. The molecule has 0 aliphatic carbocycles. The first kappa shape index (κ1) is 36.8. The first-order chi connectivity index (χ1) is 21.9. The van der Waals surface area contributed by atoms with E-state index in [1.165, 1.54) is 11.1 Å². The third-order valence-electron chi connectivity index (χ3n) is 6.97. The summed E-state index contributed by atoms with van der Waals surface area (Å²) >= 11 is 0. The largest absolute Gasteiger partial charge is 0.527 e. The molecule has 6 rings (SSSR count). The summed E-state index contributed by atoms with van der Waals surface area (Å²) < 4.78 is 0. The molecule has 0 fully saturated rings. The van der Waals surface area contributed by atoms with E-state index >= 15 is 0 Å². The number of benzene rings is 2. The predicted octanol–water partition coefficient (Wildman–Crippen LogP) is 9.24. The summed E-state index contributed by atoms with van der Waals surface area (Å²) in [6.07, 6.45) is 7.18. The minimum atomic E-state index is 0. The summed E-state index contributed by atoms with van der Waals surface area (Å²) in [5, 5.41) is 18.5. The van der Waals surface area contributed by atoms with Crippen LogP contribution in [0.4, 0.5) is 0 Å². The van der Waals surface area contributed by atoms with Crippen molar-refractivity contribution in [3.63, 3.8) is 0 Å². The van der Waals surface area contributed by atoms with E-state index in [1.54, 1.807) is 48.8 Å². The van der Waals surface area contributed by atoms with Crippen LogP contribution in [0.1, 0.15) is 52.7 Å². The zero-order valence-electron chi connectivity index (χ0n) is 27.6. The van der Waals surface area contributed by atoms with Crippen molar-refractivity contribution in [1.29, 1.82) is 0 Å². The first-order valence-corrected chi connectivity index (χ1v) is 15.1. The molecule has 0 aliphatic rings. The van der Waals surface area contributed by atoms with Crippen LogP contribution in [0.2, 0.25) is 0 Å². The third-order valence-corrected chi connectivity index (χ3v) is 6.97.